The van der Waals surface area contributed by atoms with Crippen molar-refractivity contribution in [3.8, 4) is 16.9 Å². The average molecular weight is 432 g/mol. The van der Waals surface area contributed by atoms with Gasteiger partial charge in [-0.25, -0.2) is 9.97 Å². The van der Waals surface area contributed by atoms with Crippen LogP contribution in [0.4, 0.5) is 11.5 Å². The number of rotatable bonds is 5. The Balaban J connectivity index is 1.69. The molecule has 0 aliphatic carbocycles. The van der Waals surface area contributed by atoms with Gasteiger partial charge in [-0.2, -0.15) is 0 Å². The highest BCUT2D eigenvalue weighted by atomic mass is 16.6. The Bertz CT molecular complexity index is 1230. The molecule has 1 aliphatic heterocycles. The Kier molecular flexibility index (Phi) is 5.26. The zero-order valence-electron chi connectivity index (χ0n) is 17.7. The molecule has 2 aromatic carbocycles. The lowest BCUT2D eigenvalue weighted by molar-refractivity contribution is -0.0295. The summed E-state index contributed by atoms with van der Waals surface area (Å²) in [5.74, 6) is 1.38. The summed E-state index contributed by atoms with van der Waals surface area (Å²) in [5.41, 5.74) is 3.28. The third-order valence-electron chi connectivity index (χ3n) is 5.80. The first-order chi connectivity index (χ1) is 15.6. The number of hydrogen-bond donors (Lipinski definition) is 3. The van der Waals surface area contributed by atoms with Gasteiger partial charge in [0.05, 0.1) is 18.6 Å². The van der Waals surface area contributed by atoms with E-state index < -0.39 is 24.5 Å². The van der Waals surface area contributed by atoms with Crippen LogP contribution in [0, 0.1) is 0 Å². The average Bonchev–Trinajstić information content (AvgIpc) is 3.33. The smallest absolute Gasteiger partial charge is 0.164 e. The molecule has 5 rings (SSSR count). The number of aliphatic hydroxyl groups excluding tert-OH is 2. The Labute approximate surface area is 185 Å². The Hall–Kier alpha value is -3.46. The lowest BCUT2D eigenvalue weighted by Crippen LogP contribution is -2.30. The molecule has 0 bridgehead atoms. The van der Waals surface area contributed by atoms with E-state index in [9.17, 15) is 10.2 Å². The van der Waals surface area contributed by atoms with Gasteiger partial charge in [-0.3, -0.25) is 0 Å². The minimum atomic E-state index is -1.08. The van der Waals surface area contributed by atoms with E-state index in [4.69, 9.17) is 9.47 Å². The molecule has 0 amide bonds. The summed E-state index contributed by atoms with van der Waals surface area (Å²) in [5, 5.41) is 25.0. The molecule has 0 spiro atoms. The Morgan fingerprint density at radius 2 is 1.75 bits per heavy atom. The fraction of sp³-hybridized carbons (Fsp3) is 0.250. The predicted molar refractivity (Wildman–Crippen MR) is 121 cm³/mol. The molecule has 8 nitrogen and oxygen atoms in total. The second-order valence-electron chi connectivity index (χ2n) is 7.80. The minimum Gasteiger partial charge on any atom is -0.497 e. The van der Waals surface area contributed by atoms with Crippen molar-refractivity contribution >= 4 is 22.5 Å². The van der Waals surface area contributed by atoms with Crippen LogP contribution in [0.15, 0.2) is 67.1 Å². The van der Waals surface area contributed by atoms with Gasteiger partial charge in [0.1, 0.15) is 35.7 Å². The monoisotopic (exact) mass is 432 g/mol. The van der Waals surface area contributed by atoms with Crippen molar-refractivity contribution in [3.63, 3.8) is 0 Å². The van der Waals surface area contributed by atoms with Gasteiger partial charge in [0.2, 0.25) is 0 Å². The topological polar surface area (TPSA) is 102 Å². The van der Waals surface area contributed by atoms with E-state index in [0.717, 1.165) is 28.0 Å². The van der Waals surface area contributed by atoms with E-state index in [1.165, 1.54) is 6.33 Å². The number of nitrogens with one attached hydrogen (secondary N) is 1. The molecular weight excluding hydrogens is 408 g/mol. The molecule has 2 aromatic heterocycles. The first-order valence-corrected chi connectivity index (χ1v) is 10.4. The largest absolute Gasteiger partial charge is 0.497 e. The summed E-state index contributed by atoms with van der Waals surface area (Å²) >= 11 is 0. The summed E-state index contributed by atoms with van der Waals surface area (Å²) in [6, 6.07) is 17.5. The van der Waals surface area contributed by atoms with Crippen molar-refractivity contribution < 1.29 is 19.7 Å². The zero-order chi connectivity index (χ0) is 22.2. The van der Waals surface area contributed by atoms with Crippen molar-refractivity contribution in [2.45, 2.75) is 31.5 Å². The highest BCUT2D eigenvalue weighted by Gasteiger charge is 2.42. The maximum atomic E-state index is 10.6. The molecule has 8 heteroatoms. The Morgan fingerprint density at radius 3 is 2.41 bits per heavy atom. The molecule has 1 saturated heterocycles. The second-order valence-corrected chi connectivity index (χ2v) is 7.80. The number of fused-ring (bicyclic) bond motifs is 1. The molecule has 0 saturated carbocycles. The summed E-state index contributed by atoms with van der Waals surface area (Å²) in [6.07, 6.45) is 0.0315. The maximum Gasteiger partial charge on any atom is 0.164 e. The second kappa shape index (κ2) is 8.23. The number of aromatic nitrogens is 3. The molecule has 3 N–H and O–H groups in total. The molecule has 3 heterocycles. The molecular formula is C24H24N4O4. The number of anilines is 2. The number of hydrogen-bond acceptors (Lipinski definition) is 7. The molecule has 32 heavy (non-hydrogen) atoms. The first-order valence-electron chi connectivity index (χ1n) is 10.4. The fourth-order valence-electron chi connectivity index (χ4n) is 4.08. The van der Waals surface area contributed by atoms with Crippen LogP contribution in [-0.2, 0) is 4.74 Å². The summed E-state index contributed by atoms with van der Waals surface area (Å²) in [6.45, 7) is 1.74. The van der Waals surface area contributed by atoms with E-state index >= 15 is 0 Å². The number of benzene rings is 2. The molecule has 1 aliphatic rings. The van der Waals surface area contributed by atoms with Gasteiger partial charge < -0.3 is 29.6 Å². The van der Waals surface area contributed by atoms with E-state index in [-0.39, 0.29) is 0 Å². The molecule has 1 fully saturated rings. The van der Waals surface area contributed by atoms with Crippen LogP contribution in [0.25, 0.3) is 22.2 Å². The number of methoxy groups -OCH3 is 1. The van der Waals surface area contributed by atoms with E-state index in [1.54, 1.807) is 18.6 Å². The third kappa shape index (κ3) is 3.48. The van der Waals surface area contributed by atoms with Gasteiger partial charge >= 0.3 is 0 Å². The van der Waals surface area contributed by atoms with Crippen LogP contribution >= 0.6 is 0 Å². The van der Waals surface area contributed by atoms with Crippen molar-refractivity contribution in [2.24, 2.45) is 0 Å². The molecule has 4 aromatic rings. The summed E-state index contributed by atoms with van der Waals surface area (Å²) in [7, 11) is 1.63. The lowest BCUT2D eigenvalue weighted by atomic mass is 10.1. The first kappa shape index (κ1) is 20.4. The van der Waals surface area contributed by atoms with Gasteiger partial charge in [0.15, 0.2) is 6.23 Å². The van der Waals surface area contributed by atoms with Gasteiger partial charge in [-0.15, -0.1) is 0 Å². The molecule has 4 atom stereocenters. The van der Waals surface area contributed by atoms with E-state index in [0.29, 0.717) is 11.5 Å². The van der Waals surface area contributed by atoms with Crippen molar-refractivity contribution in [1.29, 1.82) is 0 Å². The molecule has 164 valence electrons. The molecule has 0 unspecified atom stereocenters. The van der Waals surface area contributed by atoms with Gasteiger partial charge in [-0.1, -0.05) is 30.3 Å². The number of para-hydroxylation sites is 1. The lowest BCUT2D eigenvalue weighted by Gasteiger charge is -2.17. The van der Waals surface area contributed by atoms with Crippen LogP contribution in [0.2, 0.25) is 0 Å². The van der Waals surface area contributed by atoms with Gasteiger partial charge in [0, 0.05) is 17.4 Å². The highest BCUT2D eigenvalue weighted by molar-refractivity contribution is 6.02. The Morgan fingerprint density at radius 1 is 1.00 bits per heavy atom. The third-order valence-corrected chi connectivity index (χ3v) is 5.80. The van der Waals surface area contributed by atoms with Crippen molar-refractivity contribution in [1.82, 2.24) is 14.5 Å². The van der Waals surface area contributed by atoms with Gasteiger partial charge in [-0.05, 0) is 36.8 Å². The van der Waals surface area contributed by atoms with E-state index in [1.807, 2.05) is 60.8 Å². The minimum absolute atomic E-state index is 0.499. The summed E-state index contributed by atoms with van der Waals surface area (Å²) < 4.78 is 13.0. The van der Waals surface area contributed by atoms with Crippen LogP contribution in [0.1, 0.15) is 13.2 Å². The van der Waals surface area contributed by atoms with Gasteiger partial charge in [0.25, 0.3) is 0 Å². The predicted octanol–water partition coefficient (Wildman–Crippen LogP) is 3.49. The van der Waals surface area contributed by atoms with Crippen molar-refractivity contribution in [2.75, 3.05) is 12.4 Å². The SMILES string of the molecule is COc1ccc(-c2cn([C@@H]3O[C@H](C)[C@@H](O)[C@H]3O)c3ncnc(Nc4ccccc4)c23)cc1. The van der Waals surface area contributed by atoms with Crippen LogP contribution < -0.4 is 10.1 Å². The fourth-order valence-corrected chi connectivity index (χ4v) is 4.08. The van der Waals surface area contributed by atoms with Crippen molar-refractivity contribution in [3.05, 3.63) is 67.1 Å². The van der Waals surface area contributed by atoms with Crippen LogP contribution in [0.5, 0.6) is 5.75 Å². The maximum absolute atomic E-state index is 10.6. The molecule has 0 radical (unpaired) electrons. The normalized spacial score (nSPS) is 22.9. The quantitative estimate of drug-likeness (QED) is 0.444. The van der Waals surface area contributed by atoms with E-state index in [2.05, 4.69) is 15.3 Å². The number of aliphatic hydroxyl groups is 2. The number of nitrogens with zero attached hydrogens (tertiary/aromatic N) is 3. The summed E-state index contributed by atoms with van der Waals surface area (Å²) in [4.78, 5) is 9.00. The zero-order valence-corrected chi connectivity index (χ0v) is 17.7. The number of ether oxygens (including phenoxy) is 2. The highest BCUT2D eigenvalue weighted by Crippen LogP contribution is 2.39. The van der Waals surface area contributed by atoms with Crippen LogP contribution in [-0.4, -0.2) is 50.2 Å². The standard InChI is InChI=1S/C24H24N4O4/c1-14-20(29)21(30)24(32-14)28-12-18(15-8-10-17(31-2)11-9-15)19-22(25-13-26-23(19)28)27-16-6-4-3-5-7-16/h3-14,20-21,24,29-30H,1-2H3,(H,25,26,27)/t14-,20-,21-,24-/m1/s1. The van der Waals surface area contributed by atoms with Crippen LogP contribution in [0.3, 0.4) is 0 Å².